The first-order chi connectivity index (χ1) is 14.1. The normalized spacial score (nSPS) is 13.1. The zero-order chi connectivity index (χ0) is 21.9. The zero-order valence-electron chi connectivity index (χ0n) is 17.6. The molecule has 0 saturated heterocycles. The molecule has 7 nitrogen and oxygen atoms in total. The van der Waals surface area contributed by atoms with Crippen LogP contribution in [-0.4, -0.2) is 38.4 Å². The number of benzene rings is 1. The van der Waals surface area contributed by atoms with E-state index in [0.29, 0.717) is 28.4 Å². The summed E-state index contributed by atoms with van der Waals surface area (Å²) in [7, 11) is 0. The number of aromatic nitrogens is 3. The van der Waals surface area contributed by atoms with Crippen LogP contribution >= 0.6 is 0 Å². The number of halogens is 1. The molecule has 3 rings (SSSR count). The Hall–Kier alpha value is -3.42. The van der Waals surface area contributed by atoms with Crippen LogP contribution in [0.2, 0.25) is 0 Å². The number of hydrogen-bond donors (Lipinski definition) is 1. The number of ketones is 1. The van der Waals surface area contributed by atoms with Crippen LogP contribution in [-0.2, 0) is 11.2 Å². The summed E-state index contributed by atoms with van der Waals surface area (Å²) in [5.41, 5.74) is 7.83. The molecule has 2 heterocycles. The maximum absolute atomic E-state index is 14.1. The minimum atomic E-state index is -0.464. The van der Waals surface area contributed by atoms with E-state index in [1.807, 2.05) is 20.8 Å². The Balaban J connectivity index is 1.91. The summed E-state index contributed by atoms with van der Waals surface area (Å²) in [6, 6.07) is 6.55. The molecule has 0 spiro atoms. The average Bonchev–Trinajstić information content (AvgIpc) is 3.16. The van der Waals surface area contributed by atoms with Crippen molar-refractivity contribution < 1.29 is 9.18 Å². The first kappa shape index (κ1) is 21.3. The number of aliphatic imine (C=N–C) groups is 2. The molecule has 0 saturated carbocycles. The van der Waals surface area contributed by atoms with Crippen molar-refractivity contribution in [1.29, 1.82) is 0 Å². The van der Waals surface area contributed by atoms with E-state index in [1.54, 1.807) is 48.1 Å². The second-order valence-electron chi connectivity index (χ2n) is 8.03. The van der Waals surface area contributed by atoms with Crippen molar-refractivity contribution in [3.8, 4) is 0 Å². The molecule has 0 unspecified atom stereocenters. The zero-order valence-corrected chi connectivity index (χ0v) is 17.6. The number of imidazole rings is 1. The molecule has 0 aliphatic carbocycles. The smallest absolute Gasteiger partial charge is 0.159 e. The Kier molecular flexibility index (Phi) is 6.05. The summed E-state index contributed by atoms with van der Waals surface area (Å²) >= 11 is 0. The van der Waals surface area contributed by atoms with Crippen LogP contribution in [0.4, 0.5) is 4.39 Å². The van der Waals surface area contributed by atoms with Crippen molar-refractivity contribution in [2.24, 2.45) is 21.1 Å². The number of amidine groups is 2. The lowest BCUT2D eigenvalue weighted by Gasteiger charge is -2.14. The fourth-order valence-electron chi connectivity index (χ4n) is 2.75. The fraction of sp³-hybridized carbons (Fsp3) is 0.318. The molecule has 8 heteroatoms. The average molecular weight is 408 g/mol. The second kappa shape index (κ2) is 8.52. The monoisotopic (exact) mass is 408 g/mol. The molecule has 0 fully saturated rings. The molecule has 1 aromatic carbocycles. The van der Waals surface area contributed by atoms with E-state index < -0.39 is 5.41 Å². The molecule has 156 valence electrons. The van der Waals surface area contributed by atoms with Gasteiger partial charge in [0.15, 0.2) is 17.3 Å². The second-order valence-corrected chi connectivity index (χ2v) is 8.03. The SMILES string of the molecule is CC(=NCC(=O)C(C)(C)C)N=C(N)c1cn2ccnc2c(Cc2ccccc2F)n1. The summed E-state index contributed by atoms with van der Waals surface area (Å²) in [6.45, 7) is 7.26. The topological polar surface area (TPSA) is 98.0 Å². The summed E-state index contributed by atoms with van der Waals surface area (Å²) in [6.07, 6.45) is 5.38. The molecule has 2 aromatic heterocycles. The summed E-state index contributed by atoms with van der Waals surface area (Å²) in [4.78, 5) is 29.4. The lowest BCUT2D eigenvalue weighted by Crippen LogP contribution is -2.23. The maximum atomic E-state index is 14.1. The minimum absolute atomic E-state index is 0.0146. The fourth-order valence-corrected chi connectivity index (χ4v) is 2.75. The Morgan fingerprint density at radius 3 is 2.70 bits per heavy atom. The molecular weight excluding hydrogens is 383 g/mol. The van der Waals surface area contributed by atoms with Gasteiger partial charge in [-0.1, -0.05) is 39.0 Å². The number of rotatable bonds is 5. The minimum Gasteiger partial charge on any atom is -0.382 e. The molecule has 0 bridgehead atoms. The first-order valence-corrected chi connectivity index (χ1v) is 9.60. The number of nitrogens with zero attached hydrogens (tertiary/aromatic N) is 5. The Morgan fingerprint density at radius 2 is 2.00 bits per heavy atom. The lowest BCUT2D eigenvalue weighted by molar-refractivity contribution is -0.124. The number of hydrogen-bond acceptors (Lipinski definition) is 4. The van der Waals surface area contributed by atoms with E-state index in [2.05, 4.69) is 20.0 Å². The van der Waals surface area contributed by atoms with Gasteiger partial charge in [-0.15, -0.1) is 0 Å². The first-order valence-electron chi connectivity index (χ1n) is 9.60. The van der Waals surface area contributed by atoms with Crippen LogP contribution < -0.4 is 5.73 Å². The van der Waals surface area contributed by atoms with E-state index in [1.165, 1.54) is 6.07 Å². The highest BCUT2D eigenvalue weighted by atomic mass is 19.1. The predicted octanol–water partition coefficient (Wildman–Crippen LogP) is 3.20. The summed E-state index contributed by atoms with van der Waals surface area (Å²) in [5.74, 6) is 0.251. The third-order valence-electron chi connectivity index (χ3n) is 4.59. The predicted molar refractivity (Wildman–Crippen MR) is 115 cm³/mol. The van der Waals surface area contributed by atoms with Crippen LogP contribution in [0.3, 0.4) is 0 Å². The van der Waals surface area contributed by atoms with Crippen LogP contribution in [0.5, 0.6) is 0 Å². The standard InChI is InChI=1S/C22H25FN6O/c1-14(26-12-19(30)22(2,3)4)27-20(24)18-13-29-10-9-25-21(29)17(28-18)11-15-7-5-6-8-16(15)23/h5-10,13H,11-12H2,1-4H3,(H2,24,26,27). The van der Waals surface area contributed by atoms with Gasteiger partial charge in [0.05, 0.1) is 5.69 Å². The van der Waals surface area contributed by atoms with Gasteiger partial charge in [0, 0.05) is 30.4 Å². The molecule has 30 heavy (non-hydrogen) atoms. The molecule has 0 aliphatic rings. The lowest BCUT2D eigenvalue weighted by atomic mass is 9.91. The van der Waals surface area contributed by atoms with Gasteiger partial charge in [0.2, 0.25) is 0 Å². The third kappa shape index (κ3) is 4.94. The molecule has 0 atom stereocenters. The molecular formula is C22H25FN6O. The van der Waals surface area contributed by atoms with Crippen LogP contribution in [0, 0.1) is 11.2 Å². The van der Waals surface area contributed by atoms with Crippen molar-refractivity contribution in [2.45, 2.75) is 34.1 Å². The number of carbonyl (C=O) groups excluding carboxylic acids is 1. The van der Waals surface area contributed by atoms with Gasteiger partial charge >= 0.3 is 0 Å². The van der Waals surface area contributed by atoms with E-state index >= 15 is 0 Å². The molecule has 2 N–H and O–H groups in total. The highest BCUT2D eigenvalue weighted by molar-refractivity contribution is 6.04. The van der Waals surface area contributed by atoms with Gasteiger partial charge in [-0.3, -0.25) is 9.79 Å². The van der Waals surface area contributed by atoms with E-state index in [9.17, 15) is 9.18 Å². The van der Waals surface area contributed by atoms with Crippen molar-refractivity contribution in [3.05, 3.63) is 65.6 Å². The molecule has 0 aliphatic heterocycles. The van der Waals surface area contributed by atoms with Crippen molar-refractivity contribution >= 4 is 23.1 Å². The van der Waals surface area contributed by atoms with E-state index in [4.69, 9.17) is 5.73 Å². The molecule has 0 radical (unpaired) electrons. The van der Waals surface area contributed by atoms with Gasteiger partial charge in [-0.25, -0.2) is 19.4 Å². The van der Waals surface area contributed by atoms with Gasteiger partial charge in [-0.2, -0.15) is 0 Å². The number of fused-ring (bicyclic) bond motifs is 1. The Morgan fingerprint density at radius 1 is 1.27 bits per heavy atom. The quantitative estimate of drug-likeness (QED) is 0.518. The van der Waals surface area contributed by atoms with E-state index in [-0.39, 0.29) is 30.4 Å². The molecule has 3 aromatic rings. The van der Waals surface area contributed by atoms with Gasteiger partial charge in [0.1, 0.15) is 23.9 Å². The Labute approximate surface area is 174 Å². The van der Waals surface area contributed by atoms with Crippen molar-refractivity contribution in [2.75, 3.05) is 6.54 Å². The summed E-state index contributed by atoms with van der Waals surface area (Å²) in [5, 5.41) is 0. The van der Waals surface area contributed by atoms with Crippen molar-refractivity contribution in [1.82, 2.24) is 14.4 Å². The van der Waals surface area contributed by atoms with Crippen LogP contribution in [0.25, 0.3) is 5.65 Å². The largest absolute Gasteiger partial charge is 0.382 e. The van der Waals surface area contributed by atoms with Crippen molar-refractivity contribution in [3.63, 3.8) is 0 Å². The van der Waals surface area contributed by atoms with E-state index in [0.717, 1.165) is 0 Å². The maximum Gasteiger partial charge on any atom is 0.159 e. The number of Topliss-reactive ketones (excluding diaryl/α,β-unsaturated/α-hetero) is 1. The van der Waals surface area contributed by atoms with Crippen LogP contribution in [0.15, 0.2) is 52.8 Å². The number of nitrogens with two attached hydrogens (primary N) is 1. The summed E-state index contributed by atoms with van der Waals surface area (Å²) < 4.78 is 15.9. The highest BCUT2D eigenvalue weighted by Gasteiger charge is 2.20. The van der Waals surface area contributed by atoms with Gasteiger partial charge < -0.3 is 10.1 Å². The Bertz CT molecular complexity index is 1140. The van der Waals surface area contributed by atoms with Gasteiger partial charge in [-0.05, 0) is 18.6 Å². The third-order valence-corrected chi connectivity index (χ3v) is 4.59. The molecule has 0 amide bonds. The van der Waals surface area contributed by atoms with Crippen LogP contribution in [0.1, 0.15) is 44.6 Å². The van der Waals surface area contributed by atoms with Gasteiger partial charge in [0.25, 0.3) is 0 Å². The highest BCUT2D eigenvalue weighted by Crippen LogP contribution is 2.16. The number of carbonyl (C=O) groups is 1.